The molecule has 9 aromatic carbocycles. The van der Waals surface area contributed by atoms with Gasteiger partial charge in [0.15, 0.2) is 0 Å². The molecule has 1 heteroatoms. The fraction of sp³-hybridized carbons (Fsp3) is 0.156. The van der Waals surface area contributed by atoms with E-state index in [1.807, 2.05) is 0 Å². The molecule has 0 heterocycles. The molecular weight excluding hydrogens is 783 g/mol. The minimum Gasteiger partial charge on any atom is -0.310 e. The van der Waals surface area contributed by atoms with Gasteiger partial charge in [0.2, 0.25) is 0 Å². The van der Waals surface area contributed by atoms with Gasteiger partial charge in [-0.05, 0) is 137 Å². The van der Waals surface area contributed by atoms with Crippen LogP contribution in [0, 0.1) is 0 Å². The van der Waals surface area contributed by atoms with Gasteiger partial charge in [-0.1, -0.05) is 205 Å². The van der Waals surface area contributed by atoms with E-state index in [-0.39, 0.29) is 16.2 Å². The van der Waals surface area contributed by atoms with Crippen molar-refractivity contribution in [1.82, 2.24) is 0 Å². The Balaban J connectivity index is 0.987. The van der Waals surface area contributed by atoms with Gasteiger partial charge in [0.25, 0.3) is 0 Å². The highest BCUT2D eigenvalue weighted by atomic mass is 15.1. The SMILES string of the molecule is CC1(C)c2ccccc2-c2ccc(N(c3ccc(-c4cccc5c4-c4ccccc4C54c5ccccc5C(C)(C)c5ccccc54)cc3)c3ccc4c(c3)C(C)(C)c3ccccc3-4)cc21. The third-order valence-corrected chi connectivity index (χ3v) is 16.2. The summed E-state index contributed by atoms with van der Waals surface area (Å²) in [6.07, 6.45) is 0. The zero-order valence-corrected chi connectivity index (χ0v) is 38.0. The third kappa shape index (κ3) is 4.94. The van der Waals surface area contributed by atoms with Gasteiger partial charge in [-0.25, -0.2) is 0 Å². The summed E-state index contributed by atoms with van der Waals surface area (Å²) in [6.45, 7) is 14.3. The molecule has 312 valence electrons. The Morgan fingerprint density at radius 1 is 0.262 bits per heavy atom. The lowest BCUT2D eigenvalue weighted by molar-refractivity contribution is 0.563. The molecule has 0 radical (unpaired) electrons. The van der Waals surface area contributed by atoms with Crippen molar-refractivity contribution in [1.29, 1.82) is 0 Å². The van der Waals surface area contributed by atoms with Crippen molar-refractivity contribution in [3.8, 4) is 44.5 Å². The van der Waals surface area contributed by atoms with Crippen molar-refractivity contribution in [2.75, 3.05) is 4.90 Å². The second-order valence-electron chi connectivity index (χ2n) is 20.4. The Morgan fingerprint density at radius 3 is 1.15 bits per heavy atom. The first-order valence-corrected chi connectivity index (χ1v) is 23.3. The highest BCUT2D eigenvalue weighted by Gasteiger charge is 2.53. The molecule has 4 aliphatic carbocycles. The van der Waals surface area contributed by atoms with Crippen molar-refractivity contribution in [3.05, 3.63) is 256 Å². The van der Waals surface area contributed by atoms with Crippen LogP contribution >= 0.6 is 0 Å². The Morgan fingerprint density at radius 2 is 0.631 bits per heavy atom. The molecule has 1 spiro atoms. The summed E-state index contributed by atoms with van der Waals surface area (Å²) in [5.74, 6) is 0. The molecule has 0 amide bonds. The standard InChI is InChI=1S/C64H51N/c1-61(2)50-22-10-7-18-45(50)47-36-34-42(38-58(47)61)65(43-35-37-48-46-19-8-11-23-51(46)62(3,4)59(48)39-43)41-32-30-40(31-33-41)44-21-17-29-57-60(44)49-20-9-12-24-52(49)64(57)55-27-15-13-25-53(55)63(5,6)54-26-14-16-28-56(54)64/h7-39H,1-6H3. The number of hydrogen-bond donors (Lipinski definition) is 0. The van der Waals surface area contributed by atoms with Gasteiger partial charge in [0, 0.05) is 33.3 Å². The molecule has 1 nitrogen and oxygen atoms in total. The molecular formula is C64H51N. The predicted octanol–water partition coefficient (Wildman–Crippen LogP) is 16.4. The second kappa shape index (κ2) is 13.2. The van der Waals surface area contributed by atoms with E-state index in [2.05, 4.69) is 247 Å². The van der Waals surface area contributed by atoms with Crippen LogP contribution in [0.2, 0.25) is 0 Å². The first-order valence-electron chi connectivity index (χ1n) is 23.3. The van der Waals surface area contributed by atoms with Gasteiger partial charge in [-0.3, -0.25) is 0 Å². The number of nitrogens with zero attached hydrogens (tertiary/aromatic N) is 1. The van der Waals surface area contributed by atoms with Crippen LogP contribution in [0.3, 0.4) is 0 Å². The van der Waals surface area contributed by atoms with Crippen LogP contribution in [0.5, 0.6) is 0 Å². The number of benzene rings is 9. The van der Waals surface area contributed by atoms with Crippen molar-refractivity contribution in [3.63, 3.8) is 0 Å². The lowest BCUT2D eigenvalue weighted by Gasteiger charge is -2.46. The first kappa shape index (κ1) is 38.3. The van der Waals surface area contributed by atoms with Gasteiger partial charge in [-0.2, -0.15) is 0 Å². The summed E-state index contributed by atoms with van der Waals surface area (Å²) < 4.78 is 0. The topological polar surface area (TPSA) is 3.24 Å². The van der Waals surface area contributed by atoms with Crippen LogP contribution in [-0.2, 0) is 21.7 Å². The summed E-state index contributed by atoms with van der Waals surface area (Å²) in [4.78, 5) is 2.49. The van der Waals surface area contributed by atoms with Crippen LogP contribution in [0.1, 0.15) is 97.2 Å². The molecule has 65 heavy (non-hydrogen) atoms. The highest BCUT2D eigenvalue weighted by molar-refractivity contribution is 5.97. The maximum Gasteiger partial charge on any atom is 0.0719 e. The Bertz CT molecular complexity index is 3310. The largest absolute Gasteiger partial charge is 0.310 e. The molecule has 4 aliphatic rings. The van der Waals surface area contributed by atoms with E-state index in [0.717, 1.165) is 5.69 Å². The van der Waals surface area contributed by atoms with Crippen molar-refractivity contribution in [2.45, 2.75) is 63.2 Å². The third-order valence-electron chi connectivity index (χ3n) is 16.2. The maximum atomic E-state index is 2.49. The van der Waals surface area contributed by atoms with Crippen molar-refractivity contribution in [2.24, 2.45) is 0 Å². The summed E-state index contributed by atoms with van der Waals surface area (Å²) in [7, 11) is 0. The van der Waals surface area contributed by atoms with E-state index in [1.165, 1.54) is 112 Å². The Hall–Kier alpha value is -7.22. The minimum atomic E-state index is -0.427. The molecule has 0 saturated heterocycles. The lowest BCUT2D eigenvalue weighted by Crippen LogP contribution is -2.40. The monoisotopic (exact) mass is 833 g/mol. The summed E-state index contributed by atoms with van der Waals surface area (Å²) in [5.41, 5.74) is 27.0. The summed E-state index contributed by atoms with van der Waals surface area (Å²) in [6, 6.07) is 76.3. The number of anilines is 3. The number of rotatable bonds is 4. The number of fused-ring (bicyclic) bond motifs is 15. The van der Waals surface area contributed by atoms with E-state index in [4.69, 9.17) is 0 Å². The van der Waals surface area contributed by atoms with Crippen LogP contribution in [0.4, 0.5) is 17.1 Å². The normalized spacial score (nSPS) is 16.3. The van der Waals surface area contributed by atoms with Gasteiger partial charge in [0.05, 0.1) is 5.41 Å². The van der Waals surface area contributed by atoms with E-state index in [1.54, 1.807) is 0 Å². The van der Waals surface area contributed by atoms with Crippen LogP contribution in [0.25, 0.3) is 44.5 Å². The van der Waals surface area contributed by atoms with Gasteiger partial charge in [-0.15, -0.1) is 0 Å². The van der Waals surface area contributed by atoms with E-state index in [9.17, 15) is 0 Å². The lowest BCUT2D eigenvalue weighted by atomic mass is 9.55. The van der Waals surface area contributed by atoms with Crippen LogP contribution < -0.4 is 4.90 Å². The summed E-state index contributed by atoms with van der Waals surface area (Å²) >= 11 is 0. The number of hydrogen-bond acceptors (Lipinski definition) is 1. The predicted molar refractivity (Wildman–Crippen MR) is 271 cm³/mol. The van der Waals surface area contributed by atoms with Crippen LogP contribution in [0.15, 0.2) is 200 Å². The Labute approximate surface area is 383 Å². The van der Waals surface area contributed by atoms with Crippen LogP contribution in [-0.4, -0.2) is 0 Å². The molecule has 13 rings (SSSR count). The molecule has 0 unspecified atom stereocenters. The smallest absolute Gasteiger partial charge is 0.0719 e. The summed E-state index contributed by atoms with van der Waals surface area (Å²) in [5, 5.41) is 0. The zero-order chi connectivity index (χ0) is 44.0. The molecule has 0 aliphatic heterocycles. The van der Waals surface area contributed by atoms with Crippen molar-refractivity contribution >= 4 is 17.1 Å². The molecule has 0 aromatic heterocycles. The van der Waals surface area contributed by atoms with E-state index < -0.39 is 5.41 Å². The average Bonchev–Trinajstić information content (AvgIpc) is 3.86. The molecule has 0 bridgehead atoms. The zero-order valence-electron chi connectivity index (χ0n) is 38.0. The molecule has 0 saturated carbocycles. The van der Waals surface area contributed by atoms with Gasteiger partial charge < -0.3 is 4.90 Å². The van der Waals surface area contributed by atoms with Gasteiger partial charge >= 0.3 is 0 Å². The quantitative estimate of drug-likeness (QED) is 0.171. The molecule has 0 atom stereocenters. The van der Waals surface area contributed by atoms with Gasteiger partial charge in [0.1, 0.15) is 0 Å². The Kier molecular flexibility index (Phi) is 7.76. The molecule has 0 fully saturated rings. The fourth-order valence-corrected chi connectivity index (χ4v) is 13.0. The fourth-order valence-electron chi connectivity index (χ4n) is 13.0. The highest BCUT2D eigenvalue weighted by Crippen LogP contribution is 2.63. The molecule has 9 aromatic rings. The molecule has 0 N–H and O–H groups in total. The maximum absolute atomic E-state index is 2.49. The minimum absolute atomic E-state index is 0.116. The first-order chi connectivity index (χ1) is 31.5. The van der Waals surface area contributed by atoms with E-state index in [0.29, 0.717) is 0 Å². The second-order valence-corrected chi connectivity index (χ2v) is 20.4. The van der Waals surface area contributed by atoms with Crippen molar-refractivity contribution < 1.29 is 0 Å². The van der Waals surface area contributed by atoms with E-state index >= 15 is 0 Å². The average molecular weight is 834 g/mol.